The van der Waals surface area contributed by atoms with Gasteiger partial charge >= 0.3 is 12.6 Å². The van der Waals surface area contributed by atoms with Crippen LogP contribution in [0.25, 0.3) is 0 Å². The van der Waals surface area contributed by atoms with Crippen molar-refractivity contribution in [3.05, 3.63) is 29.8 Å². The highest BCUT2D eigenvalue weighted by Gasteiger charge is 2.27. The van der Waals surface area contributed by atoms with Crippen LogP contribution in [0, 0.1) is 0 Å². The zero-order valence-corrected chi connectivity index (χ0v) is 10.7. The number of nitrogens with one attached hydrogen (secondary N) is 1. The first-order chi connectivity index (χ1) is 9.06. The smallest absolute Gasteiger partial charge is 0.387 e. The van der Waals surface area contributed by atoms with Crippen molar-refractivity contribution in [1.82, 2.24) is 5.32 Å². The van der Waals surface area contributed by atoms with E-state index < -0.39 is 18.6 Å². The lowest BCUT2D eigenvalue weighted by molar-refractivity contribution is -0.139. The summed E-state index contributed by atoms with van der Waals surface area (Å²) in [6, 6.07) is 5.53. The third-order valence-electron chi connectivity index (χ3n) is 2.76. The lowest BCUT2D eigenvalue weighted by atomic mass is 10.1. The molecule has 1 aliphatic rings. The summed E-state index contributed by atoms with van der Waals surface area (Å²) in [5.74, 6) is 0.370. The van der Waals surface area contributed by atoms with Crippen LogP contribution in [-0.4, -0.2) is 35.2 Å². The molecule has 104 valence electrons. The molecule has 1 aliphatic heterocycles. The Hall–Kier alpha value is -1.34. The molecule has 0 bridgehead atoms. The molecule has 4 nitrogen and oxygen atoms in total. The van der Waals surface area contributed by atoms with Gasteiger partial charge in [0.25, 0.3) is 0 Å². The van der Waals surface area contributed by atoms with Gasteiger partial charge in [-0.3, -0.25) is 10.1 Å². The third-order valence-corrected chi connectivity index (χ3v) is 3.89. The summed E-state index contributed by atoms with van der Waals surface area (Å²) in [4.78, 5) is 10.9. The Morgan fingerprint density at radius 1 is 1.47 bits per heavy atom. The van der Waals surface area contributed by atoms with E-state index in [9.17, 15) is 13.6 Å². The highest BCUT2D eigenvalue weighted by Crippen LogP contribution is 2.27. The van der Waals surface area contributed by atoms with Gasteiger partial charge in [0.2, 0.25) is 0 Å². The molecule has 2 unspecified atom stereocenters. The van der Waals surface area contributed by atoms with Gasteiger partial charge in [-0.25, -0.2) is 0 Å². The lowest BCUT2D eigenvalue weighted by Crippen LogP contribution is -2.45. The van der Waals surface area contributed by atoms with Crippen LogP contribution in [0.5, 0.6) is 5.75 Å². The van der Waals surface area contributed by atoms with Crippen LogP contribution < -0.4 is 10.1 Å². The predicted octanol–water partition coefficient (Wildman–Crippen LogP) is 2.12. The second kappa shape index (κ2) is 6.21. The Balaban J connectivity index is 2.10. The van der Waals surface area contributed by atoms with Gasteiger partial charge in [0, 0.05) is 17.5 Å². The number of hydrogen-bond donors (Lipinski definition) is 2. The maximum absolute atomic E-state index is 12.1. The van der Waals surface area contributed by atoms with Crippen molar-refractivity contribution in [2.24, 2.45) is 0 Å². The van der Waals surface area contributed by atoms with Crippen LogP contribution >= 0.6 is 11.8 Å². The average Bonchev–Trinajstić information content (AvgIpc) is 2.38. The number of halogens is 2. The van der Waals surface area contributed by atoms with Crippen molar-refractivity contribution < 1.29 is 23.4 Å². The van der Waals surface area contributed by atoms with Crippen molar-refractivity contribution in [2.75, 3.05) is 11.5 Å². The summed E-state index contributed by atoms with van der Waals surface area (Å²) < 4.78 is 28.6. The quantitative estimate of drug-likeness (QED) is 0.889. The van der Waals surface area contributed by atoms with E-state index in [0.29, 0.717) is 11.5 Å². The van der Waals surface area contributed by atoms with Gasteiger partial charge in [-0.2, -0.15) is 20.5 Å². The molecular weight excluding hydrogens is 276 g/mol. The Morgan fingerprint density at radius 3 is 2.95 bits per heavy atom. The van der Waals surface area contributed by atoms with E-state index in [1.165, 1.54) is 23.9 Å². The van der Waals surface area contributed by atoms with Crippen molar-refractivity contribution in [2.45, 2.75) is 18.7 Å². The average molecular weight is 289 g/mol. The molecule has 0 aromatic heterocycles. The maximum Gasteiger partial charge on any atom is 0.387 e. The zero-order chi connectivity index (χ0) is 13.8. The van der Waals surface area contributed by atoms with Crippen LogP contribution in [0.3, 0.4) is 0 Å². The lowest BCUT2D eigenvalue weighted by Gasteiger charge is -2.28. The number of aliphatic carboxylic acids is 1. The van der Waals surface area contributed by atoms with E-state index in [2.05, 4.69) is 10.1 Å². The van der Waals surface area contributed by atoms with Crippen molar-refractivity contribution in [1.29, 1.82) is 0 Å². The molecule has 1 heterocycles. The van der Waals surface area contributed by atoms with E-state index in [0.717, 1.165) is 5.56 Å². The number of carbonyl (C=O) groups is 1. The fourth-order valence-corrected chi connectivity index (χ4v) is 3.02. The molecule has 2 N–H and O–H groups in total. The normalized spacial score (nSPS) is 23.3. The molecule has 1 aromatic rings. The molecule has 1 aromatic carbocycles. The van der Waals surface area contributed by atoms with Gasteiger partial charge in [-0.05, 0) is 17.7 Å². The summed E-state index contributed by atoms with van der Waals surface area (Å²) >= 11 is 1.52. The fraction of sp³-hybridized carbons (Fsp3) is 0.417. The molecule has 0 aliphatic carbocycles. The molecule has 2 rings (SSSR count). The summed E-state index contributed by atoms with van der Waals surface area (Å²) in [6.45, 7) is -2.87. The van der Waals surface area contributed by atoms with Gasteiger partial charge in [0.1, 0.15) is 11.8 Å². The van der Waals surface area contributed by atoms with Crippen LogP contribution in [0.4, 0.5) is 8.78 Å². The van der Waals surface area contributed by atoms with Crippen molar-refractivity contribution >= 4 is 17.7 Å². The first kappa shape index (κ1) is 14.1. The second-order valence-corrected chi connectivity index (χ2v) is 5.17. The molecule has 0 amide bonds. The standard InChI is InChI=1S/C12H13F2NO3S/c13-12(14)18-8-3-1-2-7(4-8)9-5-19-6-10(15-9)11(16)17/h1-4,9-10,12,15H,5-6H2,(H,16,17). The molecular formula is C12H13F2NO3S. The van der Waals surface area contributed by atoms with E-state index in [1.54, 1.807) is 12.1 Å². The Labute approximate surface area is 113 Å². The van der Waals surface area contributed by atoms with Crippen molar-refractivity contribution in [3.63, 3.8) is 0 Å². The van der Waals surface area contributed by atoms with E-state index in [4.69, 9.17) is 5.11 Å². The highest BCUT2D eigenvalue weighted by molar-refractivity contribution is 7.99. The minimum atomic E-state index is -2.87. The minimum Gasteiger partial charge on any atom is -0.480 e. The number of ether oxygens (including phenoxy) is 1. The molecule has 1 saturated heterocycles. The minimum absolute atomic E-state index is 0.0803. The topological polar surface area (TPSA) is 58.6 Å². The van der Waals surface area contributed by atoms with Crippen LogP contribution in [0.15, 0.2) is 24.3 Å². The monoisotopic (exact) mass is 289 g/mol. The molecule has 0 saturated carbocycles. The van der Waals surface area contributed by atoms with E-state index in [-0.39, 0.29) is 11.8 Å². The zero-order valence-electron chi connectivity index (χ0n) is 9.88. The Bertz CT molecular complexity index is 458. The number of hydrogen-bond acceptors (Lipinski definition) is 4. The number of benzene rings is 1. The van der Waals surface area contributed by atoms with Crippen LogP contribution in [0.1, 0.15) is 11.6 Å². The maximum atomic E-state index is 12.1. The van der Waals surface area contributed by atoms with Crippen molar-refractivity contribution in [3.8, 4) is 5.75 Å². The largest absolute Gasteiger partial charge is 0.480 e. The summed E-state index contributed by atoms with van der Waals surface area (Å²) in [7, 11) is 0. The van der Waals surface area contributed by atoms with E-state index >= 15 is 0 Å². The number of carboxylic acids is 1. The van der Waals surface area contributed by atoms with Gasteiger partial charge in [0.15, 0.2) is 0 Å². The van der Waals surface area contributed by atoms with Gasteiger partial charge in [-0.1, -0.05) is 12.1 Å². The molecule has 7 heteroatoms. The van der Waals surface area contributed by atoms with Crippen LogP contribution in [0.2, 0.25) is 0 Å². The summed E-state index contributed by atoms with van der Waals surface area (Å²) in [5.41, 5.74) is 0.747. The molecule has 0 radical (unpaired) electrons. The fourth-order valence-electron chi connectivity index (χ4n) is 1.89. The highest BCUT2D eigenvalue weighted by atomic mass is 32.2. The summed E-state index contributed by atoms with van der Waals surface area (Å²) in [6.07, 6.45) is 0. The first-order valence-electron chi connectivity index (χ1n) is 5.67. The number of carboxylic acid groups (broad SMARTS) is 1. The molecule has 1 fully saturated rings. The van der Waals surface area contributed by atoms with Crippen LogP contribution in [-0.2, 0) is 4.79 Å². The number of alkyl halides is 2. The second-order valence-electron chi connectivity index (χ2n) is 4.10. The predicted molar refractivity (Wildman–Crippen MR) is 67.7 cm³/mol. The van der Waals surface area contributed by atoms with E-state index in [1.807, 2.05) is 0 Å². The summed E-state index contributed by atoms with van der Waals surface area (Å²) in [5, 5.41) is 12.0. The third kappa shape index (κ3) is 3.81. The molecule has 2 atom stereocenters. The first-order valence-corrected chi connectivity index (χ1v) is 6.83. The Kier molecular flexibility index (Phi) is 4.60. The van der Waals surface area contributed by atoms with Gasteiger partial charge in [-0.15, -0.1) is 0 Å². The Morgan fingerprint density at radius 2 is 2.26 bits per heavy atom. The molecule has 0 spiro atoms. The van der Waals surface area contributed by atoms with Gasteiger partial charge in [0.05, 0.1) is 0 Å². The number of thioether (sulfide) groups is 1. The SMILES string of the molecule is O=C(O)C1CSCC(c2cccc(OC(F)F)c2)N1. The molecule has 19 heavy (non-hydrogen) atoms. The number of rotatable bonds is 4. The van der Waals surface area contributed by atoms with Gasteiger partial charge < -0.3 is 9.84 Å².